The van der Waals surface area contributed by atoms with Crippen LogP contribution >= 0.6 is 0 Å². The molecule has 1 aliphatic heterocycles. The molecule has 2 fully saturated rings. The molecule has 1 saturated carbocycles. The highest BCUT2D eigenvalue weighted by Gasteiger charge is 2.34. The van der Waals surface area contributed by atoms with Gasteiger partial charge in [0.15, 0.2) is 0 Å². The molecule has 2 amide bonds. The van der Waals surface area contributed by atoms with Crippen LogP contribution in [0.25, 0.3) is 0 Å². The molecular weight excluding hydrogens is 256 g/mol. The number of carbonyl (C=O) groups excluding carboxylic acids is 2. The van der Waals surface area contributed by atoms with Crippen molar-refractivity contribution < 1.29 is 14.7 Å². The highest BCUT2D eigenvalue weighted by Crippen LogP contribution is 2.37. The number of aliphatic hydroxyl groups excluding tert-OH is 1. The van der Waals surface area contributed by atoms with Gasteiger partial charge in [0, 0.05) is 32.0 Å². The van der Waals surface area contributed by atoms with Gasteiger partial charge in [-0.15, -0.1) is 0 Å². The molecule has 1 atom stereocenters. The SMILES string of the molecule is CC(=O)N1CCCC(C(=O)NCC2(CO)CCCC2)C1. The van der Waals surface area contributed by atoms with Crippen LogP contribution in [0.2, 0.25) is 0 Å². The van der Waals surface area contributed by atoms with Crippen LogP contribution in [0.1, 0.15) is 45.4 Å². The minimum atomic E-state index is -0.107. The van der Waals surface area contributed by atoms with Gasteiger partial charge in [0.25, 0.3) is 0 Å². The molecule has 1 heterocycles. The number of likely N-dealkylation sites (tertiary alicyclic amines) is 1. The fourth-order valence-electron chi connectivity index (χ4n) is 3.41. The lowest BCUT2D eigenvalue weighted by Gasteiger charge is -2.33. The molecule has 0 spiro atoms. The van der Waals surface area contributed by atoms with Crippen LogP contribution in [0.4, 0.5) is 0 Å². The molecule has 20 heavy (non-hydrogen) atoms. The van der Waals surface area contributed by atoms with Gasteiger partial charge in [-0.3, -0.25) is 9.59 Å². The normalized spacial score (nSPS) is 25.5. The summed E-state index contributed by atoms with van der Waals surface area (Å²) in [7, 11) is 0. The van der Waals surface area contributed by atoms with Crippen LogP contribution < -0.4 is 5.32 Å². The second kappa shape index (κ2) is 6.57. The summed E-state index contributed by atoms with van der Waals surface area (Å²) in [6.07, 6.45) is 6.00. The lowest BCUT2D eigenvalue weighted by molar-refractivity contribution is -0.134. The first-order chi connectivity index (χ1) is 9.56. The third kappa shape index (κ3) is 3.51. The topological polar surface area (TPSA) is 69.6 Å². The van der Waals surface area contributed by atoms with Crippen molar-refractivity contribution in [2.75, 3.05) is 26.2 Å². The van der Waals surface area contributed by atoms with E-state index >= 15 is 0 Å². The maximum Gasteiger partial charge on any atom is 0.224 e. The predicted octanol–water partition coefficient (Wildman–Crippen LogP) is 0.914. The fourth-order valence-corrected chi connectivity index (χ4v) is 3.41. The lowest BCUT2D eigenvalue weighted by Crippen LogP contribution is -2.47. The van der Waals surface area contributed by atoms with Gasteiger partial charge in [-0.25, -0.2) is 0 Å². The number of nitrogens with zero attached hydrogens (tertiary/aromatic N) is 1. The Morgan fingerprint density at radius 1 is 1.30 bits per heavy atom. The van der Waals surface area contributed by atoms with E-state index in [-0.39, 0.29) is 29.8 Å². The zero-order valence-corrected chi connectivity index (χ0v) is 12.4. The Labute approximate surface area is 120 Å². The fraction of sp³-hybridized carbons (Fsp3) is 0.867. The zero-order valence-electron chi connectivity index (χ0n) is 12.4. The molecule has 0 radical (unpaired) electrons. The van der Waals surface area contributed by atoms with Gasteiger partial charge in [-0.2, -0.15) is 0 Å². The maximum atomic E-state index is 12.3. The predicted molar refractivity (Wildman–Crippen MR) is 76.0 cm³/mol. The van der Waals surface area contributed by atoms with Gasteiger partial charge in [0.05, 0.1) is 12.5 Å². The van der Waals surface area contributed by atoms with Gasteiger partial charge < -0.3 is 15.3 Å². The number of nitrogens with one attached hydrogen (secondary N) is 1. The standard InChI is InChI=1S/C15H26N2O3/c1-12(19)17-8-4-5-13(9-17)14(20)16-10-15(11-18)6-2-3-7-15/h13,18H,2-11H2,1H3,(H,16,20). The minimum Gasteiger partial charge on any atom is -0.396 e. The average molecular weight is 282 g/mol. The van der Waals surface area contributed by atoms with Crippen molar-refractivity contribution in [2.45, 2.75) is 45.4 Å². The summed E-state index contributed by atoms with van der Waals surface area (Å²) in [5.74, 6) is -0.00871. The number of piperidine rings is 1. The van der Waals surface area contributed by atoms with Crippen LogP contribution in [0.15, 0.2) is 0 Å². The second-order valence-electron chi connectivity index (χ2n) is 6.39. The van der Waals surface area contributed by atoms with E-state index in [1.807, 2.05) is 0 Å². The van der Waals surface area contributed by atoms with E-state index in [1.54, 1.807) is 11.8 Å². The van der Waals surface area contributed by atoms with Crippen molar-refractivity contribution in [3.05, 3.63) is 0 Å². The van der Waals surface area contributed by atoms with Gasteiger partial charge in [-0.05, 0) is 25.7 Å². The first-order valence-corrected chi connectivity index (χ1v) is 7.70. The zero-order chi connectivity index (χ0) is 14.6. The van der Waals surface area contributed by atoms with Gasteiger partial charge in [0.2, 0.25) is 11.8 Å². The molecule has 5 nitrogen and oxygen atoms in total. The second-order valence-corrected chi connectivity index (χ2v) is 6.39. The summed E-state index contributed by atoms with van der Waals surface area (Å²) in [5.41, 5.74) is -0.107. The summed E-state index contributed by atoms with van der Waals surface area (Å²) in [6.45, 7) is 3.57. The van der Waals surface area contributed by atoms with E-state index in [2.05, 4.69) is 5.32 Å². The van der Waals surface area contributed by atoms with Crippen molar-refractivity contribution in [1.82, 2.24) is 10.2 Å². The van der Waals surface area contributed by atoms with E-state index in [9.17, 15) is 14.7 Å². The van der Waals surface area contributed by atoms with E-state index in [1.165, 1.54) is 0 Å². The molecule has 1 unspecified atom stereocenters. The summed E-state index contributed by atoms with van der Waals surface area (Å²) >= 11 is 0. The molecule has 0 aromatic carbocycles. The van der Waals surface area contributed by atoms with Crippen LogP contribution in [-0.4, -0.2) is 48.1 Å². The molecule has 0 bridgehead atoms. The van der Waals surface area contributed by atoms with E-state index in [0.717, 1.165) is 45.1 Å². The summed E-state index contributed by atoms with van der Waals surface area (Å²) in [4.78, 5) is 25.4. The van der Waals surface area contributed by atoms with Crippen LogP contribution in [-0.2, 0) is 9.59 Å². The number of rotatable bonds is 4. The summed E-state index contributed by atoms with van der Waals surface area (Å²) in [6, 6.07) is 0. The van der Waals surface area contributed by atoms with E-state index in [4.69, 9.17) is 0 Å². The Morgan fingerprint density at radius 3 is 2.60 bits per heavy atom. The smallest absolute Gasteiger partial charge is 0.224 e. The molecule has 2 N–H and O–H groups in total. The molecule has 0 aromatic rings. The Hall–Kier alpha value is -1.10. The van der Waals surface area contributed by atoms with Gasteiger partial charge in [-0.1, -0.05) is 12.8 Å². The van der Waals surface area contributed by atoms with Crippen molar-refractivity contribution >= 4 is 11.8 Å². The van der Waals surface area contributed by atoms with Gasteiger partial charge >= 0.3 is 0 Å². The van der Waals surface area contributed by atoms with E-state index in [0.29, 0.717) is 13.1 Å². The molecular formula is C15H26N2O3. The first kappa shape index (κ1) is 15.3. The molecule has 1 saturated heterocycles. The third-order valence-corrected chi connectivity index (χ3v) is 4.87. The third-order valence-electron chi connectivity index (χ3n) is 4.87. The average Bonchev–Trinajstić information content (AvgIpc) is 2.94. The maximum absolute atomic E-state index is 12.3. The monoisotopic (exact) mass is 282 g/mol. The van der Waals surface area contributed by atoms with Crippen molar-refractivity contribution in [3.63, 3.8) is 0 Å². The van der Waals surface area contributed by atoms with Crippen LogP contribution in [0.5, 0.6) is 0 Å². The van der Waals surface area contributed by atoms with Crippen molar-refractivity contribution in [3.8, 4) is 0 Å². The van der Waals surface area contributed by atoms with Crippen molar-refractivity contribution in [2.24, 2.45) is 11.3 Å². The molecule has 5 heteroatoms. The summed E-state index contributed by atoms with van der Waals surface area (Å²) in [5, 5.41) is 12.6. The Balaban J connectivity index is 1.83. The highest BCUT2D eigenvalue weighted by molar-refractivity contribution is 5.80. The quantitative estimate of drug-likeness (QED) is 0.805. The minimum absolute atomic E-state index is 0.0377. The van der Waals surface area contributed by atoms with Crippen molar-refractivity contribution in [1.29, 1.82) is 0 Å². The number of amides is 2. The van der Waals surface area contributed by atoms with E-state index < -0.39 is 0 Å². The summed E-state index contributed by atoms with van der Waals surface area (Å²) < 4.78 is 0. The largest absolute Gasteiger partial charge is 0.396 e. The lowest BCUT2D eigenvalue weighted by atomic mass is 9.87. The van der Waals surface area contributed by atoms with Gasteiger partial charge in [0.1, 0.15) is 0 Å². The number of hydrogen-bond donors (Lipinski definition) is 2. The first-order valence-electron chi connectivity index (χ1n) is 7.70. The molecule has 114 valence electrons. The van der Waals surface area contributed by atoms with Crippen LogP contribution in [0.3, 0.4) is 0 Å². The highest BCUT2D eigenvalue weighted by atomic mass is 16.3. The van der Waals surface area contributed by atoms with Crippen LogP contribution in [0, 0.1) is 11.3 Å². The Bertz CT molecular complexity index is 364. The molecule has 2 aliphatic rings. The molecule has 1 aliphatic carbocycles. The number of aliphatic hydroxyl groups is 1. The Kier molecular flexibility index (Phi) is 5.02. The number of hydrogen-bond acceptors (Lipinski definition) is 3. The molecule has 2 rings (SSSR count). The Morgan fingerprint density at radius 2 is 2.00 bits per heavy atom. The number of carbonyl (C=O) groups is 2. The molecule has 0 aromatic heterocycles.